The first-order valence-electron chi connectivity index (χ1n) is 8.55. The minimum Gasteiger partial charge on any atom is -0.425 e. The zero-order chi connectivity index (χ0) is 21.1. The van der Waals surface area contributed by atoms with E-state index in [2.05, 4.69) is 5.10 Å². The van der Waals surface area contributed by atoms with Crippen LogP contribution in [0.5, 0.6) is 5.75 Å². The van der Waals surface area contributed by atoms with Crippen molar-refractivity contribution in [2.24, 2.45) is 0 Å². The molecule has 1 heterocycles. The molecule has 0 atom stereocenters. The first kappa shape index (κ1) is 19.9. The Kier molecular flexibility index (Phi) is 5.49. The van der Waals surface area contributed by atoms with Crippen LogP contribution in [-0.4, -0.2) is 26.5 Å². The van der Waals surface area contributed by atoms with E-state index in [1.54, 1.807) is 0 Å². The third-order valence-corrected chi connectivity index (χ3v) is 4.26. The van der Waals surface area contributed by atoms with Crippen LogP contribution in [0.2, 0.25) is 0 Å². The summed E-state index contributed by atoms with van der Waals surface area (Å²) < 4.78 is 19.4. The quantitative estimate of drug-likeness (QED) is 0.208. The fourth-order valence-electron chi connectivity index (χ4n) is 2.83. The van der Waals surface area contributed by atoms with Gasteiger partial charge in [-0.15, -0.1) is 0 Å². The van der Waals surface area contributed by atoms with E-state index in [-0.39, 0.29) is 35.2 Å². The highest BCUT2D eigenvalue weighted by Gasteiger charge is 2.23. The Balaban J connectivity index is 1.67. The van der Waals surface area contributed by atoms with Crippen LogP contribution in [0.25, 0.3) is 0 Å². The Morgan fingerprint density at radius 1 is 1.07 bits per heavy atom. The van der Waals surface area contributed by atoms with Gasteiger partial charge in [-0.25, -0.2) is 9.18 Å². The van der Waals surface area contributed by atoms with Gasteiger partial charge in [0.15, 0.2) is 5.78 Å². The van der Waals surface area contributed by atoms with E-state index in [1.807, 2.05) is 0 Å². The van der Waals surface area contributed by atoms with E-state index in [9.17, 15) is 24.1 Å². The summed E-state index contributed by atoms with van der Waals surface area (Å²) in [5, 5.41) is 15.0. The van der Waals surface area contributed by atoms with Crippen LogP contribution < -0.4 is 4.74 Å². The third-order valence-electron chi connectivity index (χ3n) is 4.26. The Morgan fingerprint density at radius 2 is 1.62 bits per heavy atom. The SMILES string of the molecule is Cc1nn(CC(=O)Oc2ccc(C(=O)c3ccc(F)cc3)cc2)c(C)c1[N+](=O)[O-]. The summed E-state index contributed by atoms with van der Waals surface area (Å²) in [5.74, 6) is -1.18. The molecule has 0 aliphatic heterocycles. The molecule has 0 saturated heterocycles. The molecule has 0 radical (unpaired) electrons. The average Bonchev–Trinajstić information content (AvgIpc) is 2.95. The molecule has 0 saturated carbocycles. The normalized spacial score (nSPS) is 10.6. The van der Waals surface area contributed by atoms with Gasteiger partial charge in [0.2, 0.25) is 0 Å². The molecular formula is C20H16FN3O5. The lowest BCUT2D eigenvalue weighted by Gasteiger charge is -2.07. The minimum absolute atomic E-state index is 0.138. The van der Waals surface area contributed by atoms with Crippen molar-refractivity contribution in [3.05, 3.63) is 87.0 Å². The van der Waals surface area contributed by atoms with Gasteiger partial charge in [-0.1, -0.05) is 0 Å². The van der Waals surface area contributed by atoms with Gasteiger partial charge in [-0.2, -0.15) is 5.10 Å². The maximum atomic E-state index is 13.0. The summed E-state index contributed by atoms with van der Waals surface area (Å²) in [4.78, 5) is 35.0. The number of esters is 1. The molecule has 3 rings (SSSR count). The molecule has 0 spiro atoms. The molecule has 0 aliphatic rings. The summed E-state index contributed by atoms with van der Waals surface area (Å²) >= 11 is 0. The highest BCUT2D eigenvalue weighted by molar-refractivity contribution is 6.09. The number of carbonyl (C=O) groups is 2. The van der Waals surface area contributed by atoms with E-state index in [4.69, 9.17) is 4.74 Å². The maximum Gasteiger partial charge on any atom is 0.333 e. The molecule has 29 heavy (non-hydrogen) atoms. The first-order valence-corrected chi connectivity index (χ1v) is 8.55. The van der Waals surface area contributed by atoms with Gasteiger partial charge in [0, 0.05) is 11.1 Å². The van der Waals surface area contributed by atoms with Crippen molar-refractivity contribution in [1.82, 2.24) is 9.78 Å². The molecule has 1 aromatic heterocycles. The summed E-state index contributed by atoms with van der Waals surface area (Å²) in [6, 6.07) is 11.1. The lowest BCUT2D eigenvalue weighted by molar-refractivity contribution is -0.386. The van der Waals surface area contributed by atoms with Gasteiger partial charge in [0.05, 0.1) is 4.92 Å². The predicted molar refractivity (Wildman–Crippen MR) is 100 cm³/mol. The number of halogens is 1. The monoisotopic (exact) mass is 397 g/mol. The highest BCUT2D eigenvalue weighted by Crippen LogP contribution is 2.22. The highest BCUT2D eigenvalue weighted by atomic mass is 19.1. The second kappa shape index (κ2) is 8.01. The second-order valence-electron chi connectivity index (χ2n) is 6.27. The summed E-state index contributed by atoms with van der Waals surface area (Å²) in [6.07, 6.45) is 0. The molecule has 0 unspecified atom stereocenters. The zero-order valence-electron chi connectivity index (χ0n) is 15.6. The molecule has 2 aromatic carbocycles. The molecule has 8 nitrogen and oxygen atoms in total. The molecule has 0 bridgehead atoms. The predicted octanol–water partition coefficient (Wildman–Crippen LogP) is 3.38. The van der Waals surface area contributed by atoms with Crippen LogP contribution >= 0.6 is 0 Å². The van der Waals surface area contributed by atoms with Crippen LogP contribution in [0, 0.1) is 29.8 Å². The molecular weight excluding hydrogens is 381 g/mol. The van der Waals surface area contributed by atoms with Crippen molar-refractivity contribution in [1.29, 1.82) is 0 Å². The lowest BCUT2D eigenvalue weighted by Crippen LogP contribution is -2.18. The number of rotatable bonds is 6. The second-order valence-corrected chi connectivity index (χ2v) is 6.27. The smallest absolute Gasteiger partial charge is 0.333 e. The van der Waals surface area contributed by atoms with Gasteiger partial charge in [0.25, 0.3) is 0 Å². The fourth-order valence-corrected chi connectivity index (χ4v) is 2.83. The molecule has 148 valence electrons. The van der Waals surface area contributed by atoms with Crippen molar-refractivity contribution in [2.45, 2.75) is 20.4 Å². The standard InChI is InChI=1S/C20H16FN3O5/c1-12-19(24(27)28)13(2)23(22-12)11-18(25)29-17-9-5-15(6-10-17)20(26)14-3-7-16(21)8-4-14/h3-10H,11H2,1-2H3. The van der Waals surface area contributed by atoms with Gasteiger partial charge in [-0.05, 0) is 62.4 Å². The van der Waals surface area contributed by atoms with Crippen LogP contribution in [-0.2, 0) is 11.3 Å². The average molecular weight is 397 g/mol. The van der Waals surface area contributed by atoms with Gasteiger partial charge < -0.3 is 4.74 Å². The molecule has 0 aliphatic carbocycles. The molecule has 0 fully saturated rings. The van der Waals surface area contributed by atoms with E-state index < -0.39 is 16.7 Å². The van der Waals surface area contributed by atoms with Gasteiger partial charge in [0.1, 0.15) is 29.5 Å². The summed E-state index contributed by atoms with van der Waals surface area (Å²) in [7, 11) is 0. The van der Waals surface area contributed by atoms with E-state index >= 15 is 0 Å². The number of carbonyl (C=O) groups excluding carboxylic acids is 2. The van der Waals surface area contributed by atoms with Crippen molar-refractivity contribution in [3.63, 3.8) is 0 Å². The Labute approximate surface area is 164 Å². The number of aromatic nitrogens is 2. The summed E-state index contributed by atoms with van der Waals surface area (Å²) in [5.41, 5.74) is 1.02. The van der Waals surface area contributed by atoms with Gasteiger partial charge in [-0.3, -0.25) is 19.6 Å². The Bertz CT molecular complexity index is 1090. The van der Waals surface area contributed by atoms with Crippen LogP contribution in [0.3, 0.4) is 0 Å². The topological polar surface area (TPSA) is 104 Å². The van der Waals surface area contributed by atoms with E-state index in [1.165, 1.54) is 67.1 Å². The number of nitrogens with zero attached hydrogens (tertiary/aromatic N) is 3. The number of ether oxygens (including phenoxy) is 1. The van der Waals surface area contributed by atoms with E-state index in [0.717, 1.165) is 0 Å². The fraction of sp³-hybridized carbons (Fsp3) is 0.150. The van der Waals surface area contributed by atoms with Gasteiger partial charge >= 0.3 is 11.7 Å². The van der Waals surface area contributed by atoms with Crippen LogP contribution in [0.15, 0.2) is 48.5 Å². The molecule has 3 aromatic rings. The largest absolute Gasteiger partial charge is 0.425 e. The van der Waals surface area contributed by atoms with Crippen molar-refractivity contribution in [3.8, 4) is 5.75 Å². The van der Waals surface area contributed by atoms with Crippen molar-refractivity contribution in [2.75, 3.05) is 0 Å². The number of benzene rings is 2. The molecule has 0 N–H and O–H groups in total. The first-order chi connectivity index (χ1) is 13.8. The van der Waals surface area contributed by atoms with E-state index in [0.29, 0.717) is 11.1 Å². The number of hydrogen-bond donors (Lipinski definition) is 0. The number of aryl methyl sites for hydroxylation is 1. The number of ketones is 1. The number of nitro groups is 1. The maximum absolute atomic E-state index is 13.0. The molecule has 9 heteroatoms. The van der Waals surface area contributed by atoms with Crippen molar-refractivity contribution < 1.29 is 23.6 Å². The summed E-state index contributed by atoms with van der Waals surface area (Å²) in [6.45, 7) is 2.70. The zero-order valence-corrected chi connectivity index (χ0v) is 15.6. The molecule has 0 amide bonds. The van der Waals surface area contributed by atoms with Crippen LogP contribution in [0.4, 0.5) is 10.1 Å². The van der Waals surface area contributed by atoms with Crippen molar-refractivity contribution >= 4 is 17.4 Å². The third kappa shape index (κ3) is 4.34. The number of hydrogen-bond acceptors (Lipinski definition) is 6. The van der Waals surface area contributed by atoms with Crippen LogP contribution in [0.1, 0.15) is 27.3 Å². The Morgan fingerprint density at radius 3 is 2.14 bits per heavy atom. The lowest BCUT2D eigenvalue weighted by atomic mass is 10.0. The minimum atomic E-state index is -0.664. The Hall–Kier alpha value is -3.88.